The number of methoxy groups -OCH3 is 6. The molecule has 3 aliphatic carbocycles. The van der Waals surface area contributed by atoms with Crippen molar-refractivity contribution in [1.29, 1.82) is 0 Å². The Labute approximate surface area is 360 Å². The third-order valence-electron chi connectivity index (χ3n) is 11.7. The Morgan fingerprint density at radius 3 is 0.579 bits per heavy atom. The molecule has 0 aliphatic heterocycles. The zero-order valence-electron chi connectivity index (χ0n) is 32.7. The van der Waals surface area contributed by atoms with E-state index in [1.54, 1.807) is 42.7 Å². The molecule has 4 aromatic rings. The van der Waals surface area contributed by atoms with Crippen LogP contribution < -0.4 is 0 Å². The summed E-state index contributed by atoms with van der Waals surface area (Å²) in [5, 5.41) is 0. The van der Waals surface area contributed by atoms with E-state index in [1.165, 1.54) is 0 Å². The van der Waals surface area contributed by atoms with Crippen molar-refractivity contribution in [3.8, 4) is 0 Å². The molecule has 0 amide bonds. The van der Waals surface area contributed by atoms with E-state index in [4.69, 9.17) is 28.4 Å². The maximum Gasteiger partial charge on any atom is 0.129 e. The average Bonchev–Trinajstić information content (AvgIpc) is 3.27. The van der Waals surface area contributed by atoms with Crippen LogP contribution in [0.4, 0.5) is 0 Å². The van der Waals surface area contributed by atoms with Crippen LogP contribution in [-0.2, 0) is 62.0 Å². The van der Waals surface area contributed by atoms with Crippen LogP contribution in [0.25, 0.3) is 0 Å². The van der Waals surface area contributed by atoms with Crippen LogP contribution in [0.15, 0.2) is 177 Å². The van der Waals surface area contributed by atoms with Gasteiger partial charge in [-0.25, -0.2) is 0 Å². The molecule has 0 aromatic heterocycles. The molecule has 0 N–H and O–H groups in total. The van der Waals surface area contributed by atoms with Crippen molar-refractivity contribution < 1.29 is 28.4 Å². The Morgan fingerprint density at radius 2 is 0.421 bits per heavy atom. The second kappa shape index (κ2) is 16.3. The van der Waals surface area contributed by atoms with Crippen molar-refractivity contribution in [3.63, 3.8) is 0 Å². The Balaban J connectivity index is 1.38. The van der Waals surface area contributed by atoms with Gasteiger partial charge in [0.05, 0.1) is 0 Å². The largest absolute Gasteiger partial charge is 0.365 e. The highest BCUT2D eigenvalue weighted by atomic mass is 79.9. The fourth-order valence-corrected chi connectivity index (χ4v) is 8.73. The molecule has 4 aromatic carbocycles. The monoisotopic (exact) mass is 954 g/mol. The second-order valence-electron chi connectivity index (χ2n) is 14.3. The van der Waals surface area contributed by atoms with Crippen molar-refractivity contribution in [3.05, 3.63) is 211 Å². The second-order valence-corrected chi connectivity index (χ2v) is 17.1. The topological polar surface area (TPSA) is 55.4 Å². The summed E-state index contributed by atoms with van der Waals surface area (Å²) in [6.45, 7) is 0. The summed E-state index contributed by atoms with van der Waals surface area (Å²) in [6.07, 6.45) is 24.7. The third-order valence-corrected chi connectivity index (χ3v) is 13.3. The zero-order valence-corrected chi connectivity index (χ0v) is 37.4. The molecule has 0 saturated carbocycles. The van der Waals surface area contributed by atoms with E-state index in [0.29, 0.717) is 0 Å². The molecule has 3 aliphatic rings. The van der Waals surface area contributed by atoms with Gasteiger partial charge in [-0.15, -0.1) is 0 Å². The number of benzene rings is 4. The van der Waals surface area contributed by atoms with Gasteiger partial charge in [-0.2, -0.15) is 0 Å². The molecule has 0 bridgehead atoms. The predicted molar refractivity (Wildman–Crippen MR) is 236 cm³/mol. The first-order valence-electron chi connectivity index (χ1n) is 18.4. The van der Waals surface area contributed by atoms with Crippen LogP contribution in [0, 0.1) is 0 Å². The Hall–Kier alpha value is -3.48. The summed E-state index contributed by atoms with van der Waals surface area (Å²) in [6, 6.07) is 30.8. The predicted octanol–water partition coefficient (Wildman–Crippen LogP) is 11.5. The summed E-state index contributed by atoms with van der Waals surface area (Å²) < 4.78 is 40.9. The SMILES string of the molecule is COC1(c2ccc(Br)cc2)C=CC(OC)(c2cc(C3(OC)C=CC(OC)(c4ccc(Br)cc4)C=C3)cc(C3(OC)C=CC(OC)(c4ccc(Br)cc4)C=C3)c2)C=C1. The third kappa shape index (κ3) is 7.41. The lowest BCUT2D eigenvalue weighted by molar-refractivity contribution is 0.0357. The first-order chi connectivity index (χ1) is 27.4. The van der Waals surface area contributed by atoms with Gasteiger partial charge in [0, 0.05) is 56.1 Å². The number of hydrogen-bond acceptors (Lipinski definition) is 6. The van der Waals surface area contributed by atoms with Gasteiger partial charge in [0.2, 0.25) is 0 Å². The van der Waals surface area contributed by atoms with Gasteiger partial charge in [0.15, 0.2) is 0 Å². The molecule has 0 spiro atoms. The smallest absolute Gasteiger partial charge is 0.129 e. The van der Waals surface area contributed by atoms with Gasteiger partial charge < -0.3 is 28.4 Å². The van der Waals surface area contributed by atoms with E-state index in [0.717, 1.165) is 46.8 Å². The van der Waals surface area contributed by atoms with E-state index in [2.05, 4.69) is 175 Å². The molecule has 57 heavy (non-hydrogen) atoms. The molecule has 0 unspecified atom stereocenters. The van der Waals surface area contributed by atoms with Crippen molar-refractivity contribution in [1.82, 2.24) is 0 Å². The fourth-order valence-electron chi connectivity index (χ4n) is 7.93. The lowest BCUT2D eigenvalue weighted by Gasteiger charge is -2.40. The molecule has 0 heterocycles. The minimum absolute atomic E-state index is 0.790. The van der Waals surface area contributed by atoms with E-state index in [9.17, 15) is 0 Å². The quantitative estimate of drug-likeness (QED) is 0.132. The number of ether oxygens (including phenoxy) is 6. The molecule has 0 fully saturated rings. The summed E-state index contributed by atoms with van der Waals surface area (Å²) in [5.74, 6) is 0. The van der Waals surface area contributed by atoms with Crippen LogP contribution >= 0.6 is 47.8 Å². The maximum absolute atomic E-state index is 6.47. The highest BCUT2D eigenvalue weighted by molar-refractivity contribution is 9.11. The van der Waals surface area contributed by atoms with Gasteiger partial charge in [0.25, 0.3) is 0 Å². The van der Waals surface area contributed by atoms with E-state index in [1.807, 2.05) is 36.4 Å². The maximum atomic E-state index is 6.47. The molecule has 6 nitrogen and oxygen atoms in total. The standard InChI is InChI=1S/C48H45Br3O6/c1-52-43(34-7-13-40(49)14-8-34)19-25-46(55-4,26-20-43)37-31-38(47(56-5)27-21-44(53-2,22-28-47)35-9-15-41(50)16-10-35)33-39(32-37)48(57-6)29-23-45(54-3,24-30-48)36-11-17-42(51)18-12-36/h7-33H,1-6H3. The molecule has 0 atom stereocenters. The van der Waals surface area contributed by atoms with Crippen molar-refractivity contribution in [2.24, 2.45) is 0 Å². The highest BCUT2D eigenvalue weighted by Gasteiger charge is 2.43. The Bertz CT molecular complexity index is 1960. The van der Waals surface area contributed by atoms with Crippen molar-refractivity contribution in [2.75, 3.05) is 42.7 Å². The Morgan fingerprint density at radius 1 is 0.263 bits per heavy atom. The van der Waals surface area contributed by atoms with Crippen LogP contribution in [0.5, 0.6) is 0 Å². The van der Waals surface area contributed by atoms with E-state index >= 15 is 0 Å². The summed E-state index contributed by atoms with van der Waals surface area (Å²) in [5.41, 5.74) is 0.292. The molecular weight excluding hydrogens is 912 g/mol. The number of rotatable bonds is 12. The zero-order chi connectivity index (χ0) is 40.5. The fraction of sp³-hybridized carbons (Fsp3) is 0.250. The normalized spacial score (nSPS) is 30.3. The molecular formula is C48H45Br3O6. The number of halogens is 3. The van der Waals surface area contributed by atoms with Gasteiger partial charge in [-0.3, -0.25) is 0 Å². The van der Waals surface area contributed by atoms with Gasteiger partial charge >= 0.3 is 0 Å². The average molecular weight is 958 g/mol. The minimum atomic E-state index is -0.975. The first-order valence-corrected chi connectivity index (χ1v) is 20.8. The lowest BCUT2D eigenvalue weighted by Crippen LogP contribution is -2.37. The summed E-state index contributed by atoms with van der Waals surface area (Å²) >= 11 is 10.7. The molecule has 7 rings (SSSR count). The van der Waals surface area contributed by atoms with Gasteiger partial charge in [0.1, 0.15) is 33.6 Å². The highest BCUT2D eigenvalue weighted by Crippen LogP contribution is 2.47. The summed E-state index contributed by atoms with van der Waals surface area (Å²) in [7, 11) is 10.3. The number of hydrogen-bond donors (Lipinski definition) is 0. The molecule has 0 saturated heterocycles. The van der Waals surface area contributed by atoms with Crippen LogP contribution in [0.1, 0.15) is 33.4 Å². The molecule has 0 radical (unpaired) electrons. The van der Waals surface area contributed by atoms with Crippen LogP contribution in [0.2, 0.25) is 0 Å². The minimum Gasteiger partial charge on any atom is -0.365 e. The van der Waals surface area contributed by atoms with Crippen molar-refractivity contribution >= 4 is 47.8 Å². The van der Waals surface area contributed by atoms with Crippen LogP contribution in [-0.4, -0.2) is 42.7 Å². The van der Waals surface area contributed by atoms with Gasteiger partial charge in [-0.05, 0) is 161 Å². The summed E-state index contributed by atoms with van der Waals surface area (Å²) in [4.78, 5) is 0. The van der Waals surface area contributed by atoms with E-state index in [-0.39, 0.29) is 0 Å². The first kappa shape index (κ1) is 41.7. The van der Waals surface area contributed by atoms with Crippen molar-refractivity contribution in [2.45, 2.75) is 33.6 Å². The van der Waals surface area contributed by atoms with E-state index < -0.39 is 33.6 Å². The Kier molecular flexibility index (Phi) is 11.9. The molecule has 294 valence electrons. The van der Waals surface area contributed by atoms with Gasteiger partial charge in [-0.1, -0.05) is 84.2 Å². The molecule has 9 heteroatoms. The van der Waals surface area contributed by atoms with Crippen LogP contribution in [0.3, 0.4) is 0 Å². The lowest BCUT2D eigenvalue weighted by atomic mass is 9.75.